The smallest absolute Gasteiger partial charge is 0.237 e. The number of hydrogen-bond donors (Lipinski definition) is 1. The third kappa shape index (κ3) is 4.48. The minimum absolute atomic E-state index is 0.148. The fourth-order valence-corrected chi connectivity index (χ4v) is 3.02. The Bertz CT molecular complexity index is 921. The van der Waals surface area contributed by atoms with Gasteiger partial charge in [0.1, 0.15) is 0 Å². The van der Waals surface area contributed by atoms with Crippen molar-refractivity contribution >= 4 is 23.6 Å². The molecular formula is C18H21N5O3S. The average molecular weight is 387 g/mol. The van der Waals surface area contributed by atoms with E-state index in [0.717, 1.165) is 5.69 Å². The molecule has 3 aromatic rings. The van der Waals surface area contributed by atoms with Crippen molar-refractivity contribution in [3.05, 3.63) is 42.8 Å². The molecule has 0 fully saturated rings. The summed E-state index contributed by atoms with van der Waals surface area (Å²) in [5, 5.41) is 15.6. The Hall–Kier alpha value is -2.81. The fourth-order valence-electron chi connectivity index (χ4n) is 2.27. The first-order valence-electron chi connectivity index (χ1n) is 8.36. The quantitative estimate of drug-likeness (QED) is 0.487. The van der Waals surface area contributed by atoms with Gasteiger partial charge in [-0.1, -0.05) is 43.8 Å². The second kappa shape index (κ2) is 7.83. The molecule has 27 heavy (non-hydrogen) atoms. The lowest BCUT2D eigenvalue weighted by molar-refractivity contribution is -0.113. The number of carbonyl (C=O) groups is 1. The monoisotopic (exact) mass is 387 g/mol. The number of aromatic nitrogens is 4. The first-order valence-corrected chi connectivity index (χ1v) is 9.35. The van der Waals surface area contributed by atoms with Crippen molar-refractivity contribution < 1.29 is 13.7 Å². The van der Waals surface area contributed by atoms with E-state index in [1.54, 1.807) is 24.5 Å². The third-order valence-electron chi connectivity index (χ3n) is 3.64. The van der Waals surface area contributed by atoms with Gasteiger partial charge in [0, 0.05) is 18.0 Å². The van der Waals surface area contributed by atoms with Crippen LogP contribution in [0.3, 0.4) is 0 Å². The standard InChI is InChI=1S/C18H21N5O3S/c1-5-8-23-16(12-7-6-9-25-12)20-21-17(23)27-11-14(24)19-15-10-13(22-26-15)18(2,3)4/h5-7,9-10H,1,8,11H2,2-4H3,(H,19,24). The molecule has 9 heteroatoms. The minimum atomic E-state index is -0.218. The second-order valence-corrected chi connectivity index (χ2v) is 7.79. The molecule has 0 spiro atoms. The molecule has 0 saturated carbocycles. The van der Waals surface area contributed by atoms with Crippen molar-refractivity contribution in [1.29, 1.82) is 0 Å². The molecule has 1 N–H and O–H groups in total. The highest BCUT2D eigenvalue weighted by atomic mass is 32.2. The summed E-state index contributed by atoms with van der Waals surface area (Å²) in [4.78, 5) is 12.2. The zero-order chi connectivity index (χ0) is 19.4. The zero-order valence-electron chi connectivity index (χ0n) is 15.4. The van der Waals surface area contributed by atoms with Crippen molar-refractivity contribution in [2.24, 2.45) is 0 Å². The number of nitrogens with one attached hydrogen (secondary N) is 1. The molecule has 0 aromatic carbocycles. The summed E-state index contributed by atoms with van der Waals surface area (Å²) in [5.41, 5.74) is 0.629. The largest absolute Gasteiger partial charge is 0.461 e. The Morgan fingerprint density at radius 3 is 2.85 bits per heavy atom. The summed E-state index contributed by atoms with van der Waals surface area (Å²) in [5.74, 6) is 1.46. The molecular weight excluding hydrogens is 366 g/mol. The lowest BCUT2D eigenvalue weighted by Gasteiger charge is -2.12. The maximum Gasteiger partial charge on any atom is 0.237 e. The summed E-state index contributed by atoms with van der Waals surface area (Å²) in [6.45, 7) is 10.3. The van der Waals surface area contributed by atoms with Gasteiger partial charge in [0.2, 0.25) is 17.6 Å². The predicted molar refractivity (Wildman–Crippen MR) is 102 cm³/mol. The minimum Gasteiger partial charge on any atom is -0.461 e. The molecule has 8 nitrogen and oxygen atoms in total. The van der Waals surface area contributed by atoms with Crippen LogP contribution < -0.4 is 5.32 Å². The van der Waals surface area contributed by atoms with Gasteiger partial charge in [-0.15, -0.1) is 16.8 Å². The van der Waals surface area contributed by atoms with Crippen molar-refractivity contribution in [3.63, 3.8) is 0 Å². The van der Waals surface area contributed by atoms with Crippen LogP contribution in [0, 0.1) is 0 Å². The van der Waals surface area contributed by atoms with Gasteiger partial charge in [0.25, 0.3) is 0 Å². The molecule has 3 heterocycles. The number of furan rings is 1. The van der Waals surface area contributed by atoms with Gasteiger partial charge in [-0.25, -0.2) is 0 Å². The number of thioether (sulfide) groups is 1. The van der Waals surface area contributed by atoms with Gasteiger partial charge in [0.05, 0.1) is 17.7 Å². The number of allylic oxidation sites excluding steroid dienone is 1. The van der Waals surface area contributed by atoms with E-state index in [1.807, 2.05) is 31.4 Å². The highest BCUT2D eigenvalue weighted by molar-refractivity contribution is 7.99. The van der Waals surface area contributed by atoms with E-state index in [0.29, 0.717) is 29.2 Å². The molecule has 3 aromatic heterocycles. The maximum atomic E-state index is 12.2. The number of carbonyl (C=O) groups excluding carboxylic acids is 1. The maximum absolute atomic E-state index is 12.2. The van der Waals surface area contributed by atoms with E-state index < -0.39 is 0 Å². The molecule has 142 valence electrons. The Morgan fingerprint density at radius 1 is 1.41 bits per heavy atom. The average Bonchev–Trinajstić information content (AvgIpc) is 3.33. The normalized spacial score (nSPS) is 11.5. The Labute approximate surface area is 161 Å². The second-order valence-electron chi connectivity index (χ2n) is 6.85. The Morgan fingerprint density at radius 2 is 2.22 bits per heavy atom. The van der Waals surface area contributed by atoms with Crippen LogP contribution in [-0.2, 0) is 16.8 Å². The fraction of sp³-hybridized carbons (Fsp3) is 0.333. The van der Waals surface area contributed by atoms with Crippen LogP contribution in [-0.4, -0.2) is 31.6 Å². The lowest BCUT2D eigenvalue weighted by Crippen LogP contribution is -2.14. The number of rotatable bonds is 7. The van der Waals surface area contributed by atoms with Gasteiger partial charge in [-0.2, -0.15) is 0 Å². The number of anilines is 1. The van der Waals surface area contributed by atoms with Gasteiger partial charge >= 0.3 is 0 Å². The predicted octanol–water partition coefficient (Wildman–Crippen LogP) is 3.74. The molecule has 0 saturated heterocycles. The number of nitrogens with zero attached hydrogens (tertiary/aromatic N) is 4. The first-order chi connectivity index (χ1) is 12.9. The topological polar surface area (TPSA) is 99.0 Å². The highest BCUT2D eigenvalue weighted by Gasteiger charge is 2.20. The molecule has 1 amide bonds. The lowest BCUT2D eigenvalue weighted by atomic mass is 9.92. The van der Waals surface area contributed by atoms with Crippen LogP contribution in [0.2, 0.25) is 0 Å². The highest BCUT2D eigenvalue weighted by Crippen LogP contribution is 2.26. The van der Waals surface area contributed by atoms with E-state index in [9.17, 15) is 4.79 Å². The van der Waals surface area contributed by atoms with Crippen LogP contribution in [0.5, 0.6) is 0 Å². The van der Waals surface area contributed by atoms with Gasteiger partial charge in [-0.3, -0.25) is 14.7 Å². The van der Waals surface area contributed by atoms with Crippen LogP contribution in [0.15, 0.2) is 51.2 Å². The molecule has 0 aliphatic heterocycles. The van der Waals surface area contributed by atoms with Crippen LogP contribution in [0.25, 0.3) is 11.6 Å². The van der Waals surface area contributed by atoms with Crippen LogP contribution in [0.1, 0.15) is 26.5 Å². The summed E-state index contributed by atoms with van der Waals surface area (Å²) in [7, 11) is 0. The summed E-state index contributed by atoms with van der Waals surface area (Å²) in [6, 6.07) is 5.32. The van der Waals surface area contributed by atoms with Gasteiger partial charge < -0.3 is 8.94 Å². The van der Waals surface area contributed by atoms with E-state index in [2.05, 4.69) is 27.2 Å². The molecule has 0 radical (unpaired) electrons. The van der Waals surface area contributed by atoms with E-state index in [-0.39, 0.29) is 17.1 Å². The summed E-state index contributed by atoms with van der Waals surface area (Å²) in [6.07, 6.45) is 3.31. The third-order valence-corrected chi connectivity index (χ3v) is 4.61. The van der Waals surface area contributed by atoms with E-state index >= 15 is 0 Å². The molecule has 0 aliphatic rings. The van der Waals surface area contributed by atoms with Crippen molar-refractivity contribution in [3.8, 4) is 11.6 Å². The van der Waals surface area contributed by atoms with Crippen molar-refractivity contribution in [2.75, 3.05) is 11.1 Å². The molecule has 0 atom stereocenters. The number of hydrogen-bond acceptors (Lipinski definition) is 7. The summed E-state index contributed by atoms with van der Waals surface area (Å²) >= 11 is 1.27. The molecule has 0 unspecified atom stereocenters. The number of amides is 1. The van der Waals surface area contributed by atoms with E-state index in [4.69, 9.17) is 8.94 Å². The zero-order valence-corrected chi connectivity index (χ0v) is 16.2. The van der Waals surface area contributed by atoms with Crippen molar-refractivity contribution in [2.45, 2.75) is 37.9 Å². The van der Waals surface area contributed by atoms with E-state index in [1.165, 1.54) is 11.8 Å². The van der Waals surface area contributed by atoms with Crippen molar-refractivity contribution in [1.82, 2.24) is 19.9 Å². The Balaban J connectivity index is 1.65. The molecule has 3 rings (SSSR count). The first kappa shape index (κ1) is 19.0. The Kier molecular flexibility index (Phi) is 5.50. The SMILES string of the molecule is C=CCn1c(SCC(=O)Nc2cc(C(C)(C)C)no2)nnc1-c1ccco1. The van der Waals surface area contributed by atoms with Gasteiger partial charge in [-0.05, 0) is 12.1 Å². The van der Waals surface area contributed by atoms with Crippen LogP contribution >= 0.6 is 11.8 Å². The summed E-state index contributed by atoms with van der Waals surface area (Å²) < 4.78 is 12.4. The van der Waals surface area contributed by atoms with Crippen LogP contribution in [0.4, 0.5) is 5.88 Å². The van der Waals surface area contributed by atoms with Gasteiger partial charge in [0.15, 0.2) is 10.9 Å². The molecule has 0 bridgehead atoms. The molecule has 0 aliphatic carbocycles.